The fourth-order valence-electron chi connectivity index (χ4n) is 3.42. The van der Waals surface area contributed by atoms with Crippen LogP contribution in [0, 0.1) is 10.1 Å². The summed E-state index contributed by atoms with van der Waals surface area (Å²) in [6, 6.07) is 2.51. The van der Waals surface area contributed by atoms with Crippen molar-refractivity contribution in [2.45, 2.75) is 25.7 Å². The first-order valence-electron chi connectivity index (χ1n) is 9.08. The molecular formula is C17H24N4O5. The Kier molecular flexibility index (Phi) is 5.87. The lowest BCUT2D eigenvalue weighted by Gasteiger charge is -2.34. The van der Waals surface area contributed by atoms with Gasteiger partial charge in [-0.05, 0) is 18.9 Å². The highest BCUT2D eigenvalue weighted by atomic mass is 16.6. The summed E-state index contributed by atoms with van der Waals surface area (Å²) in [5.74, 6) is -0.647. The van der Waals surface area contributed by atoms with E-state index in [-0.39, 0.29) is 17.6 Å². The SMILES string of the molecule is O=C(CN1CCN(C(=O)c2ccc([N+](=O)[O-])o2)CC1)N1CCCCCC1. The van der Waals surface area contributed by atoms with E-state index >= 15 is 0 Å². The second-order valence-corrected chi connectivity index (χ2v) is 6.76. The minimum Gasteiger partial charge on any atom is -0.395 e. The van der Waals surface area contributed by atoms with Gasteiger partial charge in [-0.2, -0.15) is 0 Å². The molecule has 0 unspecified atom stereocenters. The van der Waals surface area contributed by atoms with E-state index in [1.165, 1.54) is 25.0 Å². The van der Waals surface area contributed by atoms with Crippen LogP contribution in [0.3, 0.4) is 0 Å². The first-order valence-corrected chi connectivity index (χ1v) is 9.08. The Hall–Kier alpha value is -2.42. The first kappa shape index (κ1) is 18.4. The van der Waals surface area contributed by atoms with Crippen molar-refractivity contribution in [3.05, 3.63) is 28.0 Å². The highest BCUT2D eigenvalue weighted by Gasteiger charge is 2.27. The molecule has 26 heavy (non-hydrogen) atoms. The van der Waals surface area contributed by atoms with Gasteiger partial charge < -0.3 is 14.2 Å². The number of likely N-dealkylation sites (tertiary alicyclic amines) is 1. The molecule has 2 aliphatic heterocycles. The number of nitrogens with zero attached hydrogens (tertiary/aromatic N) is 4. The average Bonchev–Trinajstić information content (AvgIpc) is 2.98. The Morgan fingerprint density at radius 3 is 2.19 bits per heavy atom. The fourth-order valence-corrected chi connectivity index (χ4v) is 3.42. The van der Waals surface area contributed by atoms with Gasteiger partial charge in [0.1, 0.15) is 4.92 Å². The summed E-state index contributed by atoms with van der Waals surface area (Å²) in [6.45, 7) is 4.22. The number of hydrogen-bond donors (Lipinski definition) is 0. The molecule has 3 heterocycles. The second-order valence-electron chi connectivity index (χ2n) is 6.76. The molecule has 0 spiro atoms. The first-order chi connectivity index (χ1) is 12.5. The van der Waals surface area contributed by atoms with Gasteiger partial charge in [-0.15, -0.1) is 0 Å². The fraction of sp³-hybridized carbons (Fsp3) is 0.647. The van der Waals surface area contributed by atoms with E-state index < -0.39 is 10.8 Å². The van der Waals surface area contributed by atoms with E-state index in [9.17, 15) is 19.7 Å². The minimum absolute atomic E-state index is 0.0224. The quantitative estimate of drug-likeness (QED) is 0.590. The molecule has 2 saturated heterocycles. The number of amides is 2. The third-order valence-electron chi connectivity index (χ3n) is 4.96. The Labute approximate surface area is 151 Å². The smallest absolute Gasteiger partial charge is 0.395 e. The zero-order chi connectivity index (χ0) is 18.5. The molecule has 9 nitrogen and oxygen atoms in total. The van der Waals surface area contributed by atoms with Crippen molar-refractivity contribution in [1.82, 2.24) is 14.7 Å². The number of piperazine rings is 1. The van der Waals surface area contributed by atoms with Crippen LogP contribution in [0.5, 0.6) is 0 Å². The van der Waals surface area contributed by atoms with Crippen LogP contribution in [0.1, 0.15) is 36.2 Å². The van der Waals surface area contributed by atoms with E-state index in [1.807, 2.05) is 4.90 Å². The van der Waals surface area contributed by atoms with Gasteiger partial charge in [0.2, 0.25) is 5.91 Å². The molecule has 3 rings (SSSR count). The summed E-state index contributed by atoms with van der Waals surface area (Å²) in [4.78, 5) is 40.4. The van der Waals surface area contributed by atoms with Crippen molar-refractivity contribution >= 4 is 17.7 Å². The summed E-state index contributed by atoms with van der Waals surface area (Å²) in [7, 11) is 0. The van der Waals surface area contributed by atoms with Crippen LogP contribution in [0.15, 0.2) is 16.5 Å². The molecule has 0 bridgehead atoms. The van der Waals surface area contributed by atoms with Crippen molar-refractivity contribution in [3.8, 4) is 0 Å². The monoisotopic (exact) mass is 364 g/mol. The van der Waals surface area contributed by atoms with Gasteiger partial charge in [-0.1, -0.05) is 12.8 Å². The van der Waals surface area contributed by atoms with Crippen LogP contribution in [0.2, 0.25) is 0 Å². The van der Waals surface area contributed by atoms with Gasteiger partial charge in [0.25, 0.3) is 5.91 Å². The van der Waals surface area contributed by atoms with Crippen LogP contribution >= 0.6 is 0 Å². The highest BCUT2D eigenvalue weighted by molar-refractivity contribution is 5.91. The van der Waals surface area contributed by atoms with E-state index in [0.717, 1.165) is 25.9 Å². The molecule has 0 radical (unpaired) electrons. The molecule has 142 valence electrons. The third-order valence-corrected chi connectivity index (χ3v) is 4.96. The van der Waals surface area contributed by atoms with Gasteiger partial charge in [0.05, 0.1) is 12.6 Å². The molecule has 2 amide bonds. The molecule has 0 aliphatic carbocycles. The average molecular weight is 364 g/mol. The lowest BCUT2D eigenvalue weighted by atomic mass is 10.2. The molecule has 1 aromatic heterocycles. The summed E-state index contributed by atoms with van der Waals surface area (Å²) >= 11 is 0. The number of carbonyl (C=O) groups is 2. The molecular weight excluding hydrogens is 340 g/mol. The second kappa shape index (κ2) is 8.31. The predicted molar refractivity (Wildman–Crippen MR) is 92.8 cm³/mol. The van der Waals surface area contributed by atoms with Crippen molar-refractivity contribution < 1.29 is 18.9 Å². The van der Waals surface area contributed by atoms with Crippen LogP contribution in [-0.2, 0) is 4.79 Å². The molecule has 9 heteroatoms. The topological polar surface area (TPSA) is 100 Å². The zero-order valence-corrected chi connectivity index (χ0v) is 14.8. The molecule has 1 aromatic rings. The Balaban J connectivity index is 1.48. The van der Waals surface area contributed by atoms with Crippen molar-refractivity contribution in [1.29, 1.82) is 0 Å². The molecule has 2 aliphatic rings. The maximum atomic E-state index is 12.4. The largest absolute Gasteiger partial charge is 0.433 e. The lowest BCUT2D eigenvalue weighted by molar-refractivity contribution is -0.402. The van der Waals surface area contributed by atoms with E-state index in [4.69, 9.17) is 4.42 Å². The predicted octanol–water partition coefficient (Wildman–Crippen LogP) is 1.35. The zero-order valence-electron chi connectivity index (χ0n) is 14.8. The van der Waals surface area contributed by atoms with Gasteiger partial charge in [-0.25, -0.2) is 0 Å². The number of rotatable bonds is 4. The van der Waals surface area contributed by atoms with Crippen LogP contribution < -0.4 is 0 Å². The Bertz CT molecular complexity index is 658. The van der Waals surface area contributed by atoms with Gasteiger partial charge >= 0.3 is 5.88 Å². The summed E-state index contributed by atoms with van der Waals surface area (Å²) in [5, 5.41) is 10.7. The van der Waals surface area contributed by atoms with Gasteiger partial charge in [0.15, 0.2) is 5.76 Å². The highest BCUT2D eigenvalue weighted by Crippen LogP contribution is 2.18. The van der Waals surface area contributed by atoms with Crippen molar-refractivity contribution in [2.24, 2.45) is 0 Å². The molecule has 0 N–H and O–H groups in total. The van der Waals surface area contributed by atoms with E-state index in [1.54, 1.807) is 4.90 Å². The number of hydrogen-bond acceptors (Lipinski definition) is 6. The molecule has 2 fully saturated rings. The van der Waals surface area contributed by atoms with Crippen molar-refractivity contribution in [3.63, 3.8) is 0 Å². The summed E-state index contributed by atoms with van der Waals surface area (Å²) < 4.78 is 4.98. The Morgan fingerprint density at radius 2 is 1.62 bits per heavy atom. The molecule has 0 saturated carbocycles. The summed E-state index contributed by atoms with van der Waals surface area (Å²) in [5.41, 5.74) is 0. The van der Waals surface area contributed by atoms with Crippen LogP contribution in [0.4, 0.5) is 5.88 Å². The normalized spacial score (nSPS) is 19.2. The van der Waals surface area contributed by atoms with Crippen molar-refractivity contribution in [2.75, 3.05) is 45.8 Å². The van der Waals surface area contributed by atoms with E-state index in [2.05, 4.69) is 4.90 Å². The van der Waals surface area contributed by atoms with Gasteiger partial charge in [0, 0.05) is 39.3 Å². The maximum Gasteiger partial charge on any atom is 0.433 e. The van der Waals surface area contributed by atoms with E-state index in [0.29, 0.717) is 32.7 Å². The van der Waals surface area contributed by atoms with Crippen LogP contribution in [0.25, 0.3) is 0 Å². The molecule has 0 aromatic carbocycles. The standard InChI is InChI=1S/C17H24N4O5/c22-15(19-7-3-1-2-4-8-19)13-18-9-11-20(12-10-18)17(23)14-5-6-16(26-14)21(24)25/h5-6H,1-4,7-13H2. The number of furan rings is 1. The van der Waals surface area contributed by atoms with Crippen LogP contribution in [-0.4, -0.2) is 77.3 Å². The third kappa shape index (κ3) is 4.40. The molecule has 0 atom stereocenters. The van der Waals surface area contributed by atoms with Gasteiger partial charge in [-0.3, -0.25) is 24.6 Å². The summed E-state index contributed by atoms with van der Waals surface area (Å²) in [6.07, 6.45) is 4.53. The Morgan fingerprint density at radius 1 is 0.962 bits per heavy atom. The number of carbonyl (C=O) groups excluding carboxylic acids is 2. The number of nitro groups is 1. The maximum absolute atomic E-state index is 12.4. The lowest BCUT2D eigenvalue weighted by Crippen LogP contribution is -2.51. The minimum atomic E-state index is -0.664.